The van der Waals surface area contributed by atoms with Crippen LogP contribution < -0.4 is 16.0 Å². The predicted molar refractivity (Wildman–Crippen MR) is 84.1 cm³/mol. The SMILES string of the molecule is CC(C)NC(=O)[C@H](C)NC(=O)[C@@H](NC(C)C)C(C)C.[HH].[HH].[HH]. The quantitative estimate of drug-likeness (QED) is 0.664. The molecule has 19 heavy (non-hydrogen) atoms. The fraction of sp³-hybridized carbons (Fsp3) is 0.857. The zero-order chi connectivity index (χ0) is 15.2. The van der Waals surface area contributed by atoms with Crippen LogP contribution in [-0.4, -0.2) is 36.0 Å². The summed E-state index contributed by atoms with van der Waals surface area (Å²) in [7, 11) is 0. The molecule has 0 rings (SSSR count). The van der Waals surface area contributed by atoms with Crippen molar-refractivity contribution in [3.8, 4) is 0 Å². The van der Waals surface area contributed by atoms with Gasteiger partial charge in [-0.3, -0.25) is 9.59 Å². The van der Waals surface area contributed by atoms with Crippen molar-refractivity contribution in [2.45, 2.75) is 72.6 Å². The molecular formula is C14H35N3O2. The van der Waals surface area contributed by atoms with Crippen LogP contribution in [-0.2, 0) is 9.59 Å². The van der Waals surface area contributed by atoms with Crippen LogP contribution in [0.15, 0.2) is 0 Å². The van der Waals surface area contributed by atoms with Crippen molar-refractivity contribution in [3.63, 3.8) is 0 Å². The summed E-state index contributed by atoms with van der Waals surface area (Å²) < 4.78 is 0. The molecule has 2 amide bonds. The fourth-order valence-electron chi connectivity index (χ4n) is 1.71. The molecule has 0 aromatic heterocycles. The van der Waals surface area contributed by atoms with Crippen LogP contribution in [0.4, 0.5) is 0 Å². The van der Waals surface area contributed by atoms with Crippen molar-refractivity contribution in [1.82, 2.24) is 16.0 Å². The Kier molecular flexibility index (Phi) is 7.68. The lowest BCUT2D eigenvalue weighted by atomic mass is 10.0. The molecule has 0 saturated carbocycles. The van der Waals surface area contributed by atoms with Crippen LogP contribution in [0.25, 0.3) is 0 Å². The number of nitrogens with one attached hydrogen (secondary N) is 3. The van der Waals surface area contributed by atoms with Gasteiger partial charge < -0.3 is 16.0 Å². The highest BCUT2D eigenvalue weighted by Gasteiger charge is 2.25. The van der Waals surface area contributed by atoms with E-state index in [0.29, 0.717) is 0 Å². The molecule has 0 aromatic carbocycles. The molecule has 0 aliphatic carbocycles. The van der Waals surface area contributed by atoms with Gasteiger partial charge in [-0.25, -0.2) is 0 Å². The zero-order valence-corrected chi connectivity index (χ0v) is 13.2. The van der Waals surface area contributed by atoms with Crippen LogP contribution in [0, 0.1) is 5.92 Å². The second kappa shape index (κ2) is 8.15. The van der Waals surface area contributed by atoms with Gasteiger partial charge in [-0.2, -0.15) is 0 Å². The Morgan fingerprint density at radius 1 is 0.789 bits per heavy atom. The van der Waals surface area contributed by atoms with Crippen molar-refractivity contribution in [1.29, 1.82) is 0 Å². The second-order valence-corrected chi connectivity index (χ2v) is 5.94. The summed E-state index contributed by atoms with van der Waals surface area (Å²) in [6.45, 7) is 13.4. The van der Waals surface area contributed by atoms with Gasteiger partial charge in [-0.15, -0.1) is 0 Å². The first-order valence-corrected chi connectivity index (χ1v) is 7.02. The molecular weight excluding hydrogens is 242 g/mol. The van der Waals surface area contributed by atoms with E-state index in [2.05, 4.69) is 16.0 Å². The smallest absolute Gasteiger partial charge is 0.242 e. The molecule has 0 aromatic rings. The summed E-state index contributed by atoms with van der Waals surface area (Å²) in [6.07, 6.45) is 0. The van der Waals surface area contributed by atoms with Crippen LogP contribution in [0.5, 0.6) is 0 Å². The van der Waals surface area contributed by atoms with E-state index in [1.54, 1.807) is 6.92 Å². The van der Waals surface area contributed by atoms with Gasteiger partial charge in [0, 0.05) is 16.4 Å². The van der Waals surface area contributed by atoms with E-state index in [1.807, 2.05) is 41.5 Å². The molecule has 0 saturated heterocycles. The molecule has 0 heterocycles. The fourth-order valence-corrected chi connectivity index (χ4v) is 1.71. The van der Waals surface area contributed by atoms with Crippen molar-refractivity contribution in [2.24, 2.45) is 5.92 Å². The summed E-state index contributed by atoms with van der Waals surface area (Å²) >= 11 is 0. The Bertz CT molecular complexity index is 314. The molecule has 118 valence electrons. The van der Waals surface area contributed by atoms with Crippen molar-refractivity contribution in [3.05, 3.63) is 0 Å². The normalized spacial score (nSPS) is 14.6. The third kappa shape index (κ3) is 7.15. The van der Waals surface area contributed by atoms with Gasteiger partial charge in [0.2, 0.25) is 11.8 Å². The third-order valence-corrected chi connectivity index (χ3v) is 2.65. The van der Waals surface area contributed by atoms with Gasteiger partial charge in [0.15, 0.2) is 0 Å². The maximum Gasteiger partial charge on any atom is 0.242 e. The molecule has 0 fully saturated rings. The van der Waals surface area contributed by atoms with E-state index in [0.717, 1.165) is 0 Å². The summed E-state index contributed by atoms with van der Waals surface area (Å²) in [6, 6.07) is -0.515. The van der Waals surface area contributed by atoms with Crippen LogP contribution in [0.3, 0.4) is 0 Å². The predicted octanol–water partition coefficient (Wildman–Crippen LogP) is 1.78. The molecule has 0 aliphatic rings. The van der Waals surface area contributed by atoms with Gasteiger partial charge in [0.1, 0.15) is 6.04 Å². The Balaban J connectivity index is -0.000000540. The standard InChI is InChI=1S/C14H29N3O2.3H2/c1-8(2)12(15-9(3)4)14(19)17-11(7)13(18)16-10(5)6;;;/h8-12,15H,1-7H3,(H,16,18)(H,17,19);3*1H/t11-,12-;;;/m0.../s1. The third-order valence-electron chi connectivity index (χ3n) is 2.65. The number of hydrogen-bond acceptors (Lipinski definition) is 3. The molecule has 5 nitrogen and oxygen atoms in total. The van der Waals surface area contributed by atoms with Gasteiger partial charge >= 0.3 is 0 Å². The van der Waals surface area contributed by atoms with Gasteiger partial charge in [0.25, 0.3) is 0 Å². The number of hydrogen-bond donors (Lipinski definition) is 3. The van der Waals surface area contributed by atoms with E-state index in [4.69, 9.17) is 0 Å². The lowest BCUT2D eigenvalue weighted by molar-refractivity contribution is -0.130. The first-order valence-electron chi connectivity index (χ1n) is 7.02. The largest absolute Gasteiger partial charge is 0.352 e. The highest BCUT2D eigenvalue weighted by Crippen LogP contribution is 2.03. The summed E-state index contributed by atoms with van der Waals surface area (Å²) in [4.78, 5) is 23.9. The summed E-state index contributed by atoms with van der Waals surface area (Å²) in [5, 5.41) is 8.76. The monoisotopic (exact) mass is 277 g/mol. The minimum Gasteiger partial charge on any atom is -0.352 e. The lowest BCUT2D eigenvalue weighted by Gasteiger charge is -2.25. The molecule has 0 radical (unpaired) electrons. The molecule has 2 atom stereocenters. The van der Waals surface area contributed by atoms with E-state index in [-0.39, 0.29) is 40.1 Å². The number of carbonyl (C=O) groups is 2. The highest BCUT2D eigenvalue weighted by molar-refractivity contribution is 5.89. The molecule has 0 bridgehead atoms. The summed E-state index contributed by atoms with van der Waals surface area (Å²) in [5.74, 6) is -0.117. The van der Waals surface area contributed by atoms with E-state index >= 15 is 0 Å². The van der Waals surface area contributed by atoms with E-state index < -0.39 is 6.04 Å². The van der Waals surface area contributed by atoms with Crippen molar-refractivity contribution in [2.75, 3.05) is 0 Å². The molecule has 3 N–H and O–H groups in total. The average Bonchev–Trinajstić information content (AvgIpc) is 2.23. The molecule has 0 spiro atoms. The summed E-state index contributed by atoms with van der Waals surface area (Å²) in [5.41, 5.74) is 0. The minimum absolute atomic E-state index is 0. The van der Waals surface area contributed by atoms with Gasteiger partial charge in [0.05, 0.1) is 6.04 Å². The topological polar surface area (TPSA) is 70.2 Å². The van der Waals surface area contributed by atoms with E-state index in [1.165, 1.54) is 0 Å². The Labute approximate surface area is 121 Å². The Morgan fingerprint density at radius 3 is 1.68 bits per heavy atom. The van der Waals surface area contributed by atoms with Crippen molar-refractivity contribution < 1.29 is 13.9 Å². The van der Waals surface area contributed by atoms with Crippen LogP contribution >= 0.6 is 0 Å². The molecule has 5 heteroatoms. The molecule has 0 aliphatic heterocycles. The van der Waals surface area contributed by atoms with Crippen LogP contribution in [0.1, 0.15) is 52.7 Å². The Morgan fingerprint density at radius 2 is 1.32 bits per heavy atom. The van der Waals surface area contributed by atoms with Gasteiger partial charge in [-0.1, -0.05) is 27.7 Å². The van der Waals surface area contributed by atoms with Gasteiger partial charge in [-0.05, 0) is 26.7 Å². The minimum atomic E-state index is -0.523. The number of rotatable bonds is 7. The Hall–Kier alpha value is -1.10. The first kappa shape index (κ1) is 17.9. The maximum atomic E-state index is 12.2. The molecule has 0 unspecified atom stereocenters. The highest BCUT2D eigenvalue weighted by atomic mass is 16.2. The maximum absolute atomic E-state index is 12.2. The average molecular weight is 277 g/mol. The lowest BCUT2D eigenvalue weighted by Crippen LogP contribution is -2.55. The van der Waals surface area contributed by atoms with E-state index in [9.17, 15) is 9.59 Å². The first-order chi connectivity index (χ1) is 8.65. The number of carbonyl (C=O) groups excluding carboxylic acids is 2. The van der Waals surface area contributed by atoms with Crippen LogP contribution in [0.2, 0.25) is 0 Å². The van der Waals surface area contributed by atoms with Crippen molar-refractivity contribution >= 4 is 11.8 Å². The second-order valence-electron chi connectivity index (χ2n) is 5.94. The zero-order valence-electron chi connectivity index (χ0n) is 13.2. The number of amides is 2.